The Bertz CT molecular complexity index is 1910. The molecule has 0 unspecified atom stereocenters. The molecule has 134 valence electrons. The smallest absolute Gasteiger partial charge is 0.159 e. The van der Waals surface area contributed by atoms with E-state index >= 15 is 0 Å². The van der Waals surface area contributed by atoms with Gasteiger partial charge in [-0.05, 0) is 29.0 Å². The Kier molecular flexibility index (Phi) is 2.20. The molecule has 3 aromatic heterocycles. The standard InChI is InChI=1S/C26H13NO2/c1-3-7-19-14(5-1)17-11-13-9-10-16-23-15-6-2-4-8-20(15)28-21(23)12-18-24(16)22(13)25(27-18)26(17)29-19/h1-12,27H. The molecule has 0 atom stereocenters. The predicted octanol–water partition coefficient (Wildman–Crippen LogP) is 7.71. The highest BCUT2D eigenvalue weighted by atomic mass is 16.3. The Morgan fingerprint density at radius 1 is 0.552 bits per heavy atom. The van der Waals surface area contributed by atoms with Gasteiger partial charge in [0.15, 0.2) is 5.58 Å². The summed E-state index contributed by atoms with van der Waals surface area (Å²) < 4.78 is 12.5. The van der Waals surface area contributed by atoms with Gasteiger partial charge in [0.2, 0.25) is 0 Å². The fourth-order valence-corrected chi connectivity index (χ4v) is 5.16. The first-order valence-electron chi connectivity index (χ1n) is 9.79. The number of aromatic nitrogens is 1. The maximum absolute atomic E-state index is 6.28. The number of nitrogens with one attached hydrogen (secondary N) is 1. The largest absolute Gasteiger partial charge is 0.456 e. The van der Waals surface area contributed by atoms with Crippen molar-refractivity contribution in [3.05, 3.63) is 72.8 Å². The fraction of sp³-hybridized carbons (Fsp3) is 0. The molecule has 29 heavy (non-hydrogen) atoms. The molecule has 0 amide bonds. The highest BCUT2D eigenvalue weighted by Gasteiger charge is 2.21. The maximum atomic E-state index is 6.28. The van der Waals surface area contributed by atoms with E-state index in [9.17, 15) is 0 Å². The van der Waals surface area contributed by atoms with Crippen LogP contribution in [0.4, 0.5) is 0 Å². The Morgan fingerprint density at radius 3 is 2.24 bits per heavy atom. The minimum absolute atomic E-state index is 0.911. The second-order valence-corrected chi connectivity index (χ2v) is 7.83. The summed E-state index contributed by atoms with van der Waals surface area (Å²) in [5.74, 6) is 0. The lowest BCUT2D eigenvalue weighted by Gasteiger charge is -2.04. The molecule has 1 N–H and O–H groups in total. The summed E-state index contributed by atoms with van der Waals surface area (Å²) in [7, 11) is 0. The molecule has 0 aliphatic carbocycles. The molecule has 0 radical (unpaired) electrons. The van der Waals surface area contributed by atoms with Gasteiger partial charge in [-0.15, -0.1) is 0 Å². The summed E-state index contributed by atoms with van der Waals surface area (Å²) in [6.07, 6.45) is 0. The third-order valence-electron chi connectivity index (χ3n) is 6.34. The normalized spacial score (nSPS) is 12.8. The molecule has 0 aliphatic rings. The molecule has 0 saturated heterocycles. The van der Waals surface area contributed by atoms with Crippen molar-refractivity contribution >= 4 is 76.5 Å². The summed E-state index contributed by atoms with van der Waals surface area (Å²) in [6, 6.07) is 25.3. The summed E-state index contributed by atoms with van der Waals surface area (Å²) in [5.41, 5.74) is 5.82. The van der Waals surface area contributed by atoms with Gasteiger partial charge >= 0.3 is 0 Å². The van der Waals surface area contributed by atoms with Crippen LogP contribution < -0.4 is 0 Å². The fourth-order valence-electron chi connectivity index (χ4n) is 5.16. The van der Waals surface area contributed by atoms with E-state index in [1.165, 1.54) is 26.9 Å². The minimum Gasteiger partial charge on any atom is -0.456 e. The van der Waals surface area contributed by atoms with Crippen LogP contribution in [0.2, 0.25) is 0 Å². The quantitative estimate of drug-likeness (QED) is 0.277. The van der Waals surface area contributed by atoms with Crippen molar-refractivity contribution in [1.29, 1.82) is 0 Å². The van der Waals surface area contributed by atoms with E-state index in [1.54, 1.807) is 0 Å². The molecule has 0 aliphatic heterocycles. The molecule has 3 nitrogen and oxygen atoms in total. The van der Waals surface area contributed by atoms with E-state index in [0.717, 1.165) is 49.5 Å². The number of benzene rings is 5. The van der Waals surface area contributed by atoms with Crippen LogP contribution in [0.15, 0.2) is 81.6 Å². The number of furan rings is 2. The van der Waals surface area contributed by atoms with Crippen LogP contribution in [-0.4, -0.2) is 4.98 Å². The molecule has 3 heteroatoms. The van der Waals surface area contributed by atoms with Gasteiger partial charge in [-0.1, -0.05) is 48.5 Å². The van der Waals surface area contributed by atoms with Crippen molar-refractivity contribution in [2.24, 2.45) is 0 Å². The first kappa shape index (κ1) is 14.1. The van der Waals surface area contributed by atoms with Gasteiger partial charge in [-0.2, -0.15) is 0 Å². The molecule has 3 heterocycles. The zero-order chi connectivity index (χ0) is 18.7. The Hall–Kier alpha value is -3.98. The molecule has 8 rings (SSSR count). The Labute approximate surface area is 163 Å². The van der Waals surface area contributed by atoms with Gasteiger partial charge in [0.25, 0.3) is 0 Å². The first-order chi connectivity index (χ1) is 14.4. The second kappa shape index (κ2) is 4.53. The molecule has 0 spiro atoms. The highest BCUT2D eigenvalue weighted by molar-refractivity contribution is 6.35. The third kappa shape index (κ3) is 1.54. The first-order valence-corrected chi connectivity index (χ1v) is 9.79. The van der Waals surface area contributed by atoms with E-state index in [4.69, 9.17) is 8.83 Å². The molecule has 8 aromatic rings. The summed E-state index contributed by atoms with van der Waals surface area (Å²) in [6.45, 7) is 0. The van der Waals surface area contributed by atoms with Crippen LogP contribution in [0.1, 0.15) is 0 Å². The Morgan fingerprint density at radius 2 is 1.34 bits per heavy atom. The molecular weight excluding hydrogens is 358 g/mol. The number of hydrogen-bond acceptors (Lipinski definition) is 2. The van der Waals surface area contributed by atoms with E-state index < -0.39 is 0 Å². The SMILES string of the molecule is c1ccc2c(c1)oc1c2cc2ccc3c4c(cc5[nH]c1c2c53)oc1ccccc14. The van der Waals surface area contributed by atoms with Crippen LogP contribution in [0.5, 0.6) is 0 Å². The number of rotatable bonds is 0. The lowest BCUT2D eigenvalue weighted by molar-refractivity contribution is 0.669. The van der Waals surface area contributed by atoms with Gasteiger partial charge in [0.1, 0.15) is 16.7 Å². The average molecular weight is 371 g/mol. The zero-order valence-electron chi connectivity index (χ0n) is 15.2. The molecule has 0 saturated carbocycles. The summed E-state index contributed by atoms with van der Waals surface area (Å²) in [4.78, 5) is 3.65. The molecule has 5 aromatic carbocycles. The van der Waals surface area contributed by atoms with E-state index in [0.29, 0.717) is 0 Å². The van der Waals surface area contributed by atoms with Crippen LogP contribution in [0, 0.1) is 0 Å². The second-order valence-electron chi connectivity index (χ2n) is 7.83. The van der Waals surface area contributed by atoms with Gasteiger partial charge in [-0.3, -0.25) is 0 Å². The van der Waals surface area contributed by atoms with Crippen molar-refractivity contribution in [3.8, 4) is 0 Å². The lowest BCUT2D eigenvalue weighted by Crippen LogP contribution is -1.78. The molecular formula is C26H13NO2. The van der Waals surface area contributed by atoms with Crippen LogP contribution in [0.3, 0.4) is 0 Å². The van der Waals surface area contributed by atoms with E-state index in [1.807, 2.05) is 24.3 Å². The van der Waals surface area contributed by atoms with Crippen molar-refractivity contribution < 1.29 is 8.83 Å². The van der Waals surface area contributed by atoms with Crippen molar-refractivity contribution in [3.63, 3.8) is 0 Å². The number of aromatic amines is 1. The minimum atomic E-state index is 0.911. The average Bonchev–Trinajstić information content (AvgIpc) is 3.42. The summed E-state index contributed by atoms with van der Waals surface area (Å²) in [5, 5.41) is 9.57. The monoisotopic (exact) mass is 371 g/mol. The number of fused-ring (bicyclic) bond motifs is 8. The Balaban J connectivity index is 1.69. The van der Waals surface area contributed by atoms with Gasteiger partial charge in [0, 0.05) is 38.4 Å². The van der Waals surface area contributed by atoms with Crippen LogP contribution in [-0.2, 0) is 0 Å². The number of hydrogen-bond donors (Lipinski definition) is 1. The van der Waals surface area contributed by atoms with Crippen LogP contribution in [0.25, 0.3) is 76.5 Å². The van der Waals surface area contributed by atoms with Gasteiger partial charge < -0.3 is 13.8 Å². The van der Waals surface area contributed by atoms with Gasteiger partial charge in [-0.25, -0.2) is 0 Å². The maximum Gasteiger partial charge on any atom is 0.159 e. The van der Waals surface area contributed by atoms with Crippen molar-refractivity contribution in [1.82, 2.24) is 4.98 Å². The lowest BCUT2D eigenvalue weighted by atomic mass is 9.97. The van der Waals surface area contributed by atoms with Gasteiger partial charge in [0.05, 0.1) is 11.0 Å². The predicted molar refractivity (Wildman–Crippen MR) is 119 cm³/mol. The number of para-hydroxylation sites is 2. The third-order valence-corrected chi connectivity index (χ3v) is 6.34. The number of H-pyrrole nitrogens is 1. The van der Waals surface area contributed by atoms with E-state index in [2.05, 4.69) is 53.5 Å². The van der Waals surface area contributed by atoms with Crippen molar-refractivity contribution in [2.75, 3.05) is 0 Å². The highest BCUT2D eigenvalue weighted by Crippen LogP contribution is 2.45. The van der Waals surface area contributed by atoms with E-state index in [-0.39, 0.29) is 0 Å². The molecule has 0 fully saturated rings. The van der Waals surface area contributed by atoms with Crippen LogP contribution >= 0.6 is 0 Å². The zero-order valence-corrected chi connectivity index (χ0v) is 15.2. The topological polar surface area (TPSA) is 42.1 Å². The summed E-state index contributed by atoms with van der Waals surface area (Å²) >= 11 is 0. The molecule has 0 bridgehead atoms. The van der Waals surface area contributed by atoms with Crippen molar-refractivity contribution in [2.45, 2.75) is 0 Å².